The van der Waals surface area contributed by atoms with Gasteiger partial charge in [0.2, 0.25) is 5.91 Å². The minimum atomic E-state index is 0.330. The van der Waals surface area contributed by atoms with Gasteiger partial charge in [0.25, 0.3) is 0 Å². The summed E-state index contributed by atoms with van der Waals surface area (Å²) in [6.45, 7) is 8.77. The molecule has 1 aliphatic carbocycles. The number of carbonyl (C=O) groups excluding carboxylic acids is 1. The van der Waals surface area contributed by atoms with E-state index >= 15 is 0 Å². The van der Waals surface area contributed by atoms with Gasteiger partial charge < -0.3 is 14.2 Å². The van der Waals surface area contributed by atoms with Crippen molar-refractivity contribution in [1.82, 2.24) is 19.4 Å². The topological polar surface area (TPSA) is 50.6 Å². The van der Waals surface area contributed by atoms with Gasteiger partial charge >= 0.3 is 0 Å². The summed E-state index contributed by atoms with van der Waals surface area (Å²) in [4.78, 5) is 21.9. The summed E-state index contributed by atoms with van der Waals surface area (Å²) in [5.74, 6) is 2.94. The lowest BCUT2D eigenvalue weighted by atomic mass is 9.85. The summed E-state index contributed by atoms with van der Waals surface area (Å²) < 4.78 is 7.81. The van der Waals surface area contributed by atoms with Crippen molar-refractivity contribution in [3.8, 4) is 0 Å². The fourth-order valence-electron chi connectivity index (χ4n) is 4.87. The molecular formula is C22H36N4O2. The number of amides is 1. The number of aromatic nitrogens is 2. The van der Waals surface area contributed by atoms with Crippen LogP contribution < -0.4 is 0 Å². The Morgan fingerprint density at radius 3 is 2.61 bits per heavy atom. The van der Waals surface area contributed by atoms with Crippen LogP contribution in [0.1, 0.15) is 63.6 Å². The highest BCUT2D eigenvalue weighted by Gasteiger charge is 2.28. The van der Waals surface area contributed by atoms with Gasteiger partial charge in [-0.2, -0.15) is 0 Å². The van der Waals surface area contributed by atoms with Crippen molar-refractivity contribution in [2.45, 2.75) is 70.4 Å². The molecule has 1 aromatic heterocycles. The van der Waals surface area contributed by atoms with E-state index in [1.807, 2.05) is 6.20 Å². The number of likely N-dealkylation sites (tertiary alicyclic amines) is 1. The second kappa shape index (κ2) is 9.40. The average Bonchev–Trinajstić information content (AvgIpc) is 3.18. The molecule has 4 rings (SSSR count). The van der Waals surface area contributed by atoms with Gasteiger partial charge in [0.05, 0.1) is 13.2 Å². The molecule has 3 aliphatic rings. The Morgan fingerprint density at radius 1 is 1.18 bits per heavy atom. The fraction of sp³-hybridized carbons (Fsp3) is 0.818. The predicted molar refractivity (Wildman–Crippen MR) is 109 cm³/mol. The third-order valence-electron chi connectivity index (χ3n) is 7.09. The van der Waals surface area contributed by atoms with E-state index in [0.717, 1.165) is 71.1 Å². The highest BCUT2D eigenvalue weighted by Crippen LogP contribution is 2.31. The second-order valence-electron chi connectivity index (χ2n) is 8.93. The monoisotopic (exact) mass is 388 g/mol. The summed E-state index contributed by atoms with van der Waals surface area (Å²) in [7, 11) is 0. The van der Waals surface area contributed by atoms with Crippen LogP contribution in [0.5, 0.6) is 0 Å². The molecule has 0 radical (unpaired) electrons. The first-order valence-corrected chi connectivity index (χ1v) is 11.3. The van der Waals surface area contributed by atoms with E-state index in [4.69, 9.17) is 4.74 Å². The van der Waals surface area contributed by atoms with E-state index in [0.29, 0.717) is 24.3 Å². The summed E-state index contributed by atoms with van der Waals surface area (Å²) in [5.41, 5.74) is 0. The predicted octanol–water partition coefficient (Wildman–Crippen LogP) is 2.89. The quantitative estimate of drug-likeness (QED) is 0.721. The van der Waals surface area contributed by atoms with E-state index in [1.165, 1.54) is 25.1 Å². The lowest BCUT2D eigenvalue weighted by Crippen LogP contribution is -2.43. The van der Waals surface area contributed by atoms with Crippen LogP contribution in [0.15, 0.2) is 12.4 Å². The maximum atomic E-state index is 12.7. The Balaban J connectivity index is 1.21. The van der Waals surface area contributed by atoms with E-state index in [2.05, 4.69) is 32.5 Å². The Labute approximate surface area is 169 Å². The van der Waals surface area contributed by atoms with Crippen LogP contribution in [0, 0.1) is 5.92 Å². The molecule has 3 heterocycles. The van der Waals surface area contributed by atoms with Crippen molar-refractivity contribution in [3.63, 3.8) is 0 Å². The number of imidazole rings is 1. The zero-order valence-corrected chi connectivity index (χ0v) is 17.4. The molecule has 6 heteroatoms. The molecule has 3 fully saturated rings. The minimum Gasteiger partial charge on any atom is -0.379 e. The molecule has 0 spiro atoms. The fourth-order valence-corrected chi connectivity index (χ4v) is 4.87. The third kappa shape index (κ3) is 4.77. The molecule has 1 saturated carbocycles. The molecular weight excluding hydrogens is 352 g/mol. The first-order valence-electron chi connectivity index (χ1n) is 11.3. The maximum Gasteiger partial charge on any atom is 0.222 e. The molecule has 1 atom stereocenters. The molecule has 1 aromatic rings. The van der Waals surface area contributed by atoms with Crippen LogP contribution in [0.4, 0.5) is 0 Å². The number of ether oxygens (including phenoxy) is 1. The van der Waals surface area contributed by atoms with Crippen LogP contribution in [-0.2, 0) is 16.1 Å². The molecule has 156 valence electrons. The normalized spacial score (nSPS) is 23.5. The van der Waals surface area contributed by atoms with Crippen LogP contribution >= 0.6 is 0 Å². The maximum absolute atomic E-state index is 12.7. The molecule has 2 saturated heterocycles. The average molecular weight is 389 g/mol. The zero-order valence-electron chi connectivity index (χ0n) is 17.4. The number of morpholine rings is 1. The highest BCUT2D eigenvalue weighted by molar-refractivity contribution is 5.76. The van der Waals surface area contributed by atoms with E-state index in [-0.39, 0.29) is 0 Å². The van der Waals surface area contributed by atoms with Crippen LogP contribution in [-0.4, -0.2) is 70.7 Å². The molecule has 1 amide bonds. The molecule has 1 unspecified atom stereocenters. The van der Waals surface area contributed by atoms with E-state index < -0.39 is 0 Å². The molecule has 0 N–H and O–H groups in total. The van der Waals surface area contributed by atoms with Gasteiger partial charge in [-0.3, -0.25) is 9.69 Å². The Bertz CT molecular complexity index is 628. The Morgan fingerprint density at radius 2 is 1.93 bits per heavy atom. The largest absolute Gasteiger partial charge is 0.379 e. The molecule has 0 aromatic carbocycles. The third-order valence-corrected chi connectivity index (χ3v) is 7.09. The van der Waals surface area contributed by atoms with Crippen LogP contribution in [0.2, 0.25) is 0 Å². The standard InChI is InChI=1S/C22H36N4O2/c1-18(24-13-15-28-16-14-24)5-6-21(27)25-10-7-20(8-11-25)22-23-9-12-26(22)17-19-3-2-4-19/h9,12,18-20H,2-8,10-11,13-17H2,1H3. The van der Waals surface area contributed by atoms with Gasteiger partial charge in [0.1, 0.15) is 5.82 Å². The van der Waals surface area contributed by atoms with Gasteiger partial charge in [-0.05, 0) is 44.9 Å². The Kier molecular flexibility index (Phi) is 6.68. The highest BCUT2D eigenvalue weighted by atomic mass is 16.5. The van der Waals surface area contributed by atoms with Crippen molar-refractivity contribution in [3.05, 3.63) is 18.2 Å². The Hall–Kier alpha value is -1.40. The van der Waals surface area contributed by atoms with Crippen LogP contribution in [0.25, 0.3) is 0 Å². The van der Waals surface area contributed by atoms with Gasteiger partial charge in [-0.1, -0.05) is 6.42 Å². The van der Waals surface area contributed by atoms with Crippen molar-refractivity contribution in [2.24, 2.45) is 5.92 Å². The van der Waals surface area contributed by atoms with Crippen LogP contribution in [0.3, 0.4) is 0 Å². The second-order valence-corrected chi connectivity index (χ2v) is 8.93. The van der Waals surface area contributed by atoms with Gasteiger partial charge in [0, 0.05) is 63.5 Å². The van der Waals surface area contributed by atoms with Gasteiger partial charge in [0.15, 0.2) is 0 Å². The number of nitrogens with zero attached hydrogens (tertiary/aromatic N) is 4. The number of rotatable bonds is 7. The lowest BCUT2D eigenvalue weighted by molar-refractivity contribution is -0.132. The zero-order chi connectivity index (χ0) is 19.3. The van der Waals surface area contributed by atoms with E-state index in [9.17, 15) is 4.79 Å². The van der Waals surface area contributed by atoms with Crippen molar-refractivity contribution in [1.29, 1.82) is 0 Å². The molecule has 0 bridgehead atoms. The minimum absolute atomic E-state index is 0.330. The summed E-state index contributed by atoms with van der Waals surface area (Å²) in [6.07, 6.45) is 11.9. The number of hydrogen-bond acceptors (Lipinski definition) is 4. The van der Waals surface area contributed by atoms with Crippen molar-refractivity contribution >= 4 is 5.91 Å². The molecule has 6 nitrogen and oxygen atoms in total. The summed E-state index contributed by atoms with van der Waals surface area (Å²) in [5, 5.41) is 0. The SMILES string of the molecule is CC(CCC(=O)N1CCC(c2nccn2CC2CCC2)CC1)N1CCOCC1. The van der Waals surface area contributed by atoms with E-state index in [1.54, 1.807) is 0 Å². The smallest absolute Gasteiger partial charge is 0.222 e. The first-order chi connectivity index (χ1) is 13.7. The number of piperidine rings is 1. The van der Waals surface area contributed by atoms with Gasteiger partial charge in [-0.15, -0.1) is 0 Å². The first kappa shape index (κ1) is 19.9. The molecule has 28 heavy (non-hydrogen) atoms. The van der Waals surface area contributed by atoms with Gasteiger partial charge in [-0.25, -0.2) is 4.98 Å². The lowest BCUT2D eigenvalue weighted by Gasteiger charge is -2.34. The number of hydrogen-bond donors (Lipinski definition) is 0. The summed E-state index contributed by atoms with van der Waals surface area (Å²) >= 11 is 0. The number of carbonyl (C=O) groups is 1. The molecule has 2 aliphatic heterocycles. The van der Waals surface area contributed by atoms with Crippen molar-refractivity contribution < 1.29 is 9.53 Å². The van der Waals surface area contributed by atoms with Crippen molar-refractivity contribution in [2.75, 3.05) is 39.4 Å². The summed E-state index contributed by atoms with van der Waals surface area (Å²) in [6, 6.07) is 0.462.